The molecule has 2 atom stereocenters. The van der Waals surface area contributed by atoms with Gasteiger partial charge in [-0.3, -0.25) is 0 Å². The molecular formula is C13H14F2N2O. The second-order valence-corrected chi connectivity index (χ2v) is 4.64. The molecule has 5 heteroatoms. The molecule has 0 radical (unpaired) electrons. The van der Waals surface area contributed by atoms with E-state index < -0.39 is 17.7 Å². The monoisotopic (exact) mass is 252 g/mol. The topological polar surface area (TPSA) is 47.3 Å². The van der Waals surface area contributed by atoms with Gasteiger partial charge in [0.1, 0.15) is 5.69 Å². The van der Waals surface area contributed by atoms with E-state index in [1.54, 1.807) is 17.9 Å². The quantitative estimate of drug-likeness (QED) is 0.876. The number of aliphatic hydroxyl groups is 1. The van der Waals surface area contributed by atoms with Crippen LogP contribution in [0, 0.1) is 28.9 Å². The molecule has 0 bridgehead atoms. The van der Waals surface area contributed by atoms with Crippen LogP contribution in [0.25, 0.3) is 0 Å². The molecule has 0 spiro atoms. The van der Waals surface area contributed by atoms with Gasteiger partial charge in [0, 0.05) is 19.0 Å². The third-order valence-corrected chi connectivity index (χ3v) is 3.37. The van der Waals surface area contributed by atoms with E-state index in [4.69, 9.17) is 5.26 Å². The maximum Gasteiger partial charge on any atom is 0.150 e. The molecule has 1 aromatic rings. The lowest BCUT2D eigenvalue weighted by atomic mass is 10.0. The number of halogens is 2. The van der Waals surface area contributed by atoms with E-state index in [-0.39, 0.29) is 17.2 Å². The first kappa shape index (κ1) is 12.8. The maximum absolute atomic E-state index is 13.8. The van der Waals surface area contributed by atoms with Crippen molar-refractivity contribution in [3.8, 4) is 6.07 Å². The largest absolute Gasteiger partial charge is 0.393 e. The third kappa shape index (κ3) is 2.29. The zero-order chi connectivity index (χ0) is 13.3. The molecule has 1 aliphatic rings. The second kappa shape index (κ2) is 4.91. The average Bonchev–Trinajstić information content (AvgIpc) is 2.77. The van der Waals surface area contributed by atoms with Gasteiger partial charge in [-0.1, -0.05) is 0 Å². The van der Waals surface area contributed by atoms with Gasteiger partial charge in [0.25, 0.3) is 0 Å². The normalized spacial score (nSPS) is 20.8. The Hall–Kier alpha value is -1.67. The minimum absolute atomic E-state index is 0.0273. The van der Waals surface area contributed by atoms with Crippen LogP contribution in [0.2, 0.25) is 0 Å². The fourth-order valence-corrected chi connectivity index (χ4v) is 2.32. The Morgan fingerprint density at radius 1 is 1.44 bits per heavy atom. The van der Waals surface area contributed by atoms with Gasteiger partial charge in [0.05, 0.1) is 17.7 Å². The summed E-state index contributed by atoms with van der Waals surface area (Å²) in [5, 5.41) is 18.1. The lowest BCUT2D eigenvalue weighted by Crippen LogP contribution is -2.25. The van der Waals surface area contributed by atoms with Crippen molar-refractivity contribution < 1.29 is 13.9 Å². The van der Waals surface area contributed by atoms with Crippen LogP contribution in [0.1, 0.15) is 18.9 Å². The number of hydrogen-bond acceptors (Lipinski definition) is 3. The SMILES string of the molecule is CC(O)C1CCN(c2c(F)cc(C#N)cc2F)C1. The van der Waals surface area contributed by atoms with Crippen molar-refractivity contribution in [1.82, 2.24) is 0 Å². The molecule has 3 nitrogen and oxygen atoms in total. The first-order valence-corrected chi connectivity index (χ1v) is 5.85. The van der Waals surface area contributed by atoms with E-state index in [2.05, 4.69) is 0 Å². The molecule has 0 saturated carbocycles. The van der Waals surface area contributed by atoms with Crippen LogP contribution in [0.4, 0.5) is 14.5 Å². The van der Waals surface area contributed by atoms with Crippen molar-refractivity contribution in [2.24, 2.45) is 5.92 Å². The van der Waals surface area contributed by atoms with Crippen LogP contribution in [0.3, 0.4) is 0 Å². The van der Waals surface area contributed by atoms with E-state index in [0.29, 0.717) is 19.5 Å². The predicted octanol–water partition coefficient (Wildman–Crippen LogP) is 2.04. The first-order valence-electron chi connectivity index (χ1n) is 5.85. The van der Waals surface area contributed by atoms with E-state index in [9.17, 15) is 13.9 Å². The molecule has 0 aromatic heterocycles. The van der Waals surface area contributed by atoms with Crippen LogP contribution in [0.15, 0.2) is 12.1 Å². The molecule has 0 aliphatic carbocycles. The zero-order valence-electron chi connectivity index (χ0n) is 10.0. The fourth-order valence-electron chi connectivity index (χ4n) is 2.32. The van der Waals surface area contributed by atoms with Crippen molar-refractivity contribution in [1.29, 1.82) is 5.26 Å². The Bertz CT molecular complexity index is 473. The average molecular weight is 252 g/mol. The summed E-state index contributed by atoms with van der Waals surface area (Å²) in [5.41, 5.74) is -0.128. The lowest BCUT2D eigenvalue weighted by molar-refractivity contribution is 0.136. The summed E-state index contributed by atoms with van der Waals surface area (Å²) in [7, 11) is 0. The number of rotatable bonds is 2. The molecule has 1 aromatic carbocycles. The smallest absolute Gasteiger partial charge is 0.150 e. The summed E-state index contributed by atoms with van der Waals surface area (Å²) in [6, 6.07) is 3.79. The van der Waals surface area contributed by atoms with Gasteiger partial charge in [0.2, 0.25) is 0 Å². The molecule has 2 unspecified atom stereocenters. The Labute approximate surface area is 104 Å². The summed E-state index contributed by atoms with van der Waals surface area (Å²) in [6.45, 7) is 2.62. The predicted molar refractivity (Wildman–Crippen MR) is 63.1 cm³/mol. The molecule has 1 N–H and O–H groups in total. The number of hydrogen-bond donors (Lipinski definition) is 1. The molecule has 18 heavy (non-hydrogen) atoms. The number of nitriles is 1. The summed E-state index contributed by atoms with van der Waals surface area (Å²) < 4.78 is 27.6. The van der Waals surface area contributed by atoms with Gasteiger partial charge in [-0.15, -0.1) is 0 Å². The zero-order valence-corrected chi connectivity index (χ0v) is 10.0. The second-order valence-electron chi connectivity index (χ2n) is 4.64. The van der Waals surface area contributed by atoms with E-state index >= 15 is 0 Å². The minimum Gasteiger partial charge on any atom is -0.393 e. The molecule has 96 valence electrons. The molecule has 1 saturated heterocycles. The highest BCUT2D eigenvalue weighted by Gasteiger charge is 2.29. The van der Waals surface area contributed by atoms with Crippen LogP contribution < -0.4 is 4.90 Å². The Balaban J connectivity index is 2.28. The standard InChI is InChI=1S/C13H14F2N2O/c1-8(18)10-2-3-17(7-10)13-11(14)4-9(6-16)5-12(13)15/h4-5,8,10,18H,2-3,7H2,1H3. The van der Waals surface area contributed by atoms with Crippen LogP contribution in [-0.4, -0.2) is 24.3 Å². The maximum atomic E-state index is 13.8. The summed E-state index contributed by atoms with van der Waals surface area (Å²) >= 11 is 0. The highest BCUT2D eigenvalue weighted by Crippen LogP contribution is 2.30. The molecular weight excluding hydrogens is 238 g/mol. The van der Waals surface area contributed by atoms with Gasteiger partial charge in [-0.05, 0) is 25.5 Å². The molecule has 0 amide bonds. The van der Waals surface area contributed by atoms with Crippen molar-refractivity contribution >= 4 is 5.69 Å². The van der Waals surface area contributed by atoms with E-state index in [1.165, 1.54) is 0 Å². The summed E-state index contributed by atoms with van der Waals surface area (Å²) in [6.07, 6.45) is 0.218. The molecule has 1 fully saturated rings. The Morgan fingerprint density at radius 2 is 2.06 bits per heavy atom. The summed E-state index contributed by atoms with van der Waals surface area (Å²) in [4.78, 5) is 1.59. The fraction of sp³-hybridized carbons (Fsp3) is 0.462. The van der Waals surface area contributed by atoms with Crippen molar-refractivity contribution in [3.63, 3.8) is 0 Å². The number of benzene rings is 1. The third-order valence-electron chi connectivity index (χ3n) is 3.37. The van der Waals surface area contributed by atoms with Gasteiger partial charge in [-0.2, -0.15) is 5.26 Å². The van der Waals surface area contributed by atoms with Crippen LogP contribution in [-0.2, 0) is 0 Å². The highest BCUT2D eigenvalue weighted by atomic mass is 19.1. The van der Waals surface area contributed by atoms with Crippen LogP contribution >= 0.6 is 0 Å². The number of nitrogens with zero attached hydrogens (tertiary/aromatic N) is 2. The van der Waals surface area contributed by atoms with Crippen molar-refractivity contribution in [2.45, 2.75) is 19.4 Å². The number of aliphatic hydroxyl groups excluding tert-OH is 1. The number of anilines is 1. The highest BCUT2D eigenvalue weighted by molar-refractivity contribution is 5.53. The van der Waals surface area contributed by atoms with E-state index in [0.717, 1.165) is 12.1 Å². The van der Waals surface area contributed by atoms with Crippen LogP contribution in [0.5, 0.6) is 0 Å². The minimum atomic E-state index is -0.724. The van der Waals surface area contributed by atoms with Gasteiger partial charge in [0.15, 0.2) is 11.6 Å². The van der Waals surface area contributed by atoms with Gasteiger partial charge >= 0.3 is 0 Å². The molecule has 1 aliphatic heterocycles. The Kier molecular flexibility index (Phi) is 3.48. The van der Waals surface area contributed by atoms with Gasteiger partial charge < -0.3 is 10.0 Å². The van der Waals surface area contributed by atoms with E-state index in [1.807, 2.05) is 0 Å². The molecule has 1 heterocycles. The molecule has 2 rings (SSSR count). The van der Waals surface area contributed by atoms with Crippen molar-refractivity contribution in [3.05, 3.63) is 29.3 Å². The van der Waals surface area contributed by atoms with Crippen molar-refractivity contribution in [2.75, 3.05) is 18.0 Å². The first-order chi connectivity index (χ1) is 8.52. The lowest BCUT2D eigenvalue weighted by Gasteiger charge is -2.21. The van der Waals surface area contributed by atoms with Gasteiger partial charge in [-0.25, -0.2) is 8.78 Å². The Morgan fingerprint density at radius 3 is 2.50 bits per heavy atom. The summed E-state index contributed by atoms with van der Waals surface area (Å²) in [5.74, 6) is -1.42.